The molecule has 0 saturated heterocycles. The molecule has 0 saturated carbocycles. The van der Waals surface area contributed by atoms with E-state index in [0.717, 1.165) is 42.5 Å². The Hall–Kier alpha value is -3.41. The fraction of sp³-hybridized carbons (Fsp3) is 0.261. The minimum absolute atomic E-state index is 0.468. The smallest absolute Gasteiger partial charge is 0.217 e. The molecule has 6 nitrogen and oxygen atoms in total. The Morgan fingerprint density at radius 3 is 2.76 bits per heavy atom. The second-order valence-corrected chi connectivity index (χ2v) is 7.05. The van der Waals surface area contributed by atoms with Crippen LogP contribution in [0, 0.1) is 0 Å². The molecule has 0 radical (unpaired) electrons. The lowest BCUT2D eigenvalue weighted by molar-refractivity contribution is 0.294. The van der Waals surface area contributed by atoms with Crippen LogP contribution in [-0.2, 0) is 6.61 Å². The van der Waals surface area contributed by atoms with Crippen molar-refractivity contribution in [3.63, 3.8) is 0 Å². The molecular weight excluding hydrogens is 362 g/mol. The van der Waals surface area contributed by atoms with Crippen molar-refractivity contribution in [2.45, 2.75) is 32.8 Å². The normalized spacial score (nSPS) is 16.2. The summed E-state index contributed by atoms with van der Waals surface area (Å²) in [4.78, 5) is 4.85. The summed E-state index contributed by atoms with van der Waals surface area (Å²) >= 11 is 0. The fourth-order valence-corrected chi connectivity index (χ4v) is 3.38. The SMILES string of the molecule is C/C=C\C=C1/CCCC(c2ccc(COc3[nH]ncc3-c3cn[nH]c3)cc2)=NC1. The highest BCUT2D eigenvalue weighted by Gasteiger charge is 2.11. The number of allylic oxidation sites excluding steroid dienone is 3. The van der Waals surface area contributed by atoms with Gasteiger partial charge < -0.3 is 4.74 Å². The van der Waals surface area contributed by atoms with Gasteiger partial charge in [0.15, 0.2) is 0 Å². The molecule has 0 unspecified atom stereocenters. The predicted octanol–water partition coefficient (Wildman–Crippen LogP) is 4.85. The quantitative estimate of drug-likeness (QED) is 0.634. The number of H-pyrrole nitrogens is 2. The predicted molar refractivity (Wildman–Crippen MR) is 115 cm³/mol. The highest BCUT2D eigenvalue weighted by Crippen LogP contribution is 2.27. The van der Waals surface area contributed by atoms with Crippen molar-refractivity contribution < 1.29 is 4.74 Å². The van der Waals surface area contributed by atoms with Crippen LogP contribution in [0.5, 0.6) is 5.88 Å². The molecule has 4 rings (SSSR count). The number of hydrogen-bond acceptors (Lipinski definition) is 4. The number of aromatic amines is 2. The molecule has 1 aromatic carbocycles. The van der Waals surface area contributed by atoms with Gasteiger partial charge in [0.1, 0.15) is 6.61 Å². The van der Waals surface area contributed by atoms with Crippen LogP contribution in [0.3, 0.4) is 0 Å². The zero-order valence-corrected chi connectivity index (χ0v) is 16.6. The zero-order valence-electron chi connectivity index (χ0n) is 16.6. The number of hydrogen-bond donors (Lipinski definition) is 2. The molecule has 2 aromatic heterocycles. The minimum Gasteiger partial charge on any atom is -0.473 e. The Morgan fingerprint density at radius 1 is 1.07 bits per heavy atom. The summed E-state index contributed by atoms with van der Waals surface area (Å²) < 4.78 is 5.94. The minimum atomic E-state index is 0.468. The van der Waals surface area contributed by atoms with Gasteiger partial charge in [-0.25, -0.2) is 5.10 Å². The van der Waals surface area contributed by atoms with E-state index < -0.39 is 0 Å². The molecular formula is C23H25N5O. The van der Waals surface area contributed by atoms with Crippen molar-refractivity contribution in [3.05, 3.63) is 77.8 Å². The van der Waals surface area contributed by atoms with Gasteiger partial charge in [-0.2, -0.15) is 10.2 Å². The number of nitrogens with one attached hydrogen (secondary N) is 2. The summed E-state index contributed by atoms with van der Waals surface area (Å²) in [6.07, 6.45) is 14.9. The first kappa shape index (κ1) is 18.9. The lowest BCUT2D eigenvalue weighted by Crippen LogP contribution is -2.02. The van der Waals surface area contributed by atoms with Gasteiger partial charge in [-0.1, -0.05) is 42.5 Å². The molecule has 148 valence electrons. The molecule has 0 amide bonds. The molecule has 1 aliphatic heterocycles. The Balaban J connectivity index is 1.40. The number of aromatic nitrogens is 4. The molecule has 0 aliphatic carbocycles. The number of nitrogens with zero attached hydrogens (tertiary/aromatic N) is 3. The van der Waals surface area contributed by atoms with E-state index in [4.69, 9.17) is 9.73 Å². The third kappa shape index (κ3) is 4.71. The number of ether oxygens (including phenoxy) is 1. The van der Waals surface area contributed by atoms with Gasteiger partial charge in [-0.05, 0) is 42.9 Å². The number of aliphatic imine (C=N–C) groups is 1. The van der Waals surface area contributed by atoms with E-state index in [1.807, 2.05) is 13.1 Å². The van der Waals surface area contributed by atoms with Crippen LogP contribution in [0.4, 0.5) is 0 Å². The topological polar surface area (TPSA) is 79.0 Å². The lowest BCUT2D eigenvalue weighted by Gasteiger charge is -2.08. The highest BCUT2D eigenvalue weighted by molar-refractivity contribution is 6.00. The average Bonchev–Trinajstić information content (AvgIpc) is 3.39. The van der Waals surface area contributed by atoms with Crippen LogP contribution in [0.15, 0.2) is 71.6 Å². The molecule has 0 spiro atoms. The molecule has 6 heteroatoms. The van der Waals surface area contributed by atoms with Crippen LogP contribution < -0.4 is 4.74 Å². The summed E-state index contributed by atoms with van der Waals surface area (Å²) in [5.74, 6) is 0.643. The van der Waals surface area contributed by atoms with E-state index in [1.54, 1.807) is 12.4 Å². The van der Waals surface area contributed by atoms with Crippen molar-refractivity contribution in [1.82, 2.24) is 20.4 Å². The third-order valence-corrected chi connectivity index (χ3v) is 4.99. The van der Waals surface area contributed by atoms with E-state index in [0.29, 0.717) is 12.5 Å². The average molecular weight is 387 g/mol. The molecule has 0 atom stereocenters. The first-order valence-corrected chi connectivity index (χ1v) is 9.92. The van der Waals surface area contributed by atoms with Crippen molar-refractivity contribution in [1.29, 1.82) is 0 Å². The Morgan fingerprint density at radius 2 is 1.97 bits per heavy atom. The Kier molecular flexibility index (Phi) is 6.00. The maximum Gasteiger partial charge on any atom is 0.217 e. The van der Waals surface area contributed by atoms with Gasteiger partial charge in [0.05, 0.1) is 24.5 Å². The van der Waals surface area contributed by atoms with Gasteiger partial charge in [-0.3, -0.25) is 10.1 Å². The van der Waals surface area contributed by atoms with E-state index in [2.05, 4.69) is 62.9 Å². The summed E-state index contributed by atoms with van der Waals surface area (Å²) in [5, 5.41) is 13.8. The summed E-state index contributed by atoms with van der Waals surface area (Å²) in [7, 11) is 0. The van der Waals surface area contributed by atoms with E-state index in [9.17, 15) is 0 Å². The molecule has 2 N–H and O–H groups in total. The number of rotatable bonds is 6. The zero-order chi connectivity index (χ0) is 19.9. The van der Waals surface area contributed by atoms with Crippen LogP contribution in [-0.4, -0.2) is 32.7 Å². The van der Waals surface area contributed by atoms with Crippen LogP contribution in [0.25, 0.3) is 11.1 Å². The summed E-state index contributed by atoms with van der Waals surface area (Å²) in [5.41, 5.74) is 6.72. The van der Waals surface area contributed by atoms with Crippen LogP contribution >= 0.6 is 0 Å². The van der Waals surface area contributed by atoms with E-state index >= 15 is 0 Å². The first-order chi connectivity index (χ1) is 14.3. The maximum atomic E-state index is 5.94. The van der Waals surface area contributed by atoms with Crippen molar-refractivity contribution >= 4 is 5.71 Å². The van der Waals surface area contributed by atoms with Crippen LogP contribution in [0.2, 0.25) is 0 Å². The van der Waals surface area contributed by atoms with E-state index in [-0.39, 0.29) is 0 Å². The summed E-state index contributed by atoms with van der Waals surface area (Å²) in [6.45, 7) is 3.30. The van der Waals surface area contributed by atoms with Crippen LogP contribution in [0.1, 0.15) is 37.3 Å². The van der Waals surface area contributed by atoms with Gasteiger partial charge in [0, 0.05) is 17.5 Å². The van der Waals surface area contributed by atoms with Gasteiger partial charge >= 0.3 is 0 Å². The molecule has 3 aromatic rings. The first-order valence-electron chi connectivity index (χ1n) is 9.92. The Bertz CT molecular complexity index is 1010. The van der Waals surface area contributed by atoms with E-state index in [1.165, 1.54) is 16.8 Å². The summed E-state index contributed by atoms with van der Waals surface area (Å²) in [6, 6.07) is 8.49. The lowest BCUT2D eigenvalue weighted by atomic mass is 10.0. The molecule has 1 aliphatic rings. The van der Waals surface area contributed by atoms with Gasteiger partial charge in [0.25, 0.3) is 0 Å². The number of benzene rings is 1. The second-order valence-electron chi connectivity index (χ2n) is 7.05. The molecule has 29 heavy (non-hydrogen) atoms. The molecule has 3 heterocycles. The third-order valence-electron chi connectivity index (χ3n) is 4.99. The largest absolute Gasteiger partial charge is 0.473 e. The standard InChI is InChI=1S/C23H25N5O/c1-2-3-5-17-6-4-7-22(24-12-17)19-10-8-18(9-11-19)16-29-23-21(15-27-28-23)20-13-25-26-14-20/h2-3,5,8-11,13-15H,4,6-7,12,16H2,1H3,(H,25,26)(H,27,28)/b3-2-,17-5+. The Labute approximate surface area is 170 Å². The van der Waals surface area contributed by atoms with Gasteiger partial charge in [0.2, 0.25) is 5.88 Å². The second kappa shape index (κ2) is 9.19. The van der Waals surface area contributed by atoms with Crippen molar-refractivity contribution in [3.8, 4) is 17.0 Å². The molecule has 0 fully saturated rings. The van der Waals surface area contributed by atoms with Crippen molar-refractivity contribution in [2.75, 3.05) is 6.54 Å². The van der Waals surface area contributed by atoms with Crippen molar-refractivity contribution in [2.24, 2.45) is 4.99 Å². The molecule has 0 bridgehead atoms. The highest BCUT2D eigenvalue weighted by atomic mass is 16.5. The monoisotopic (exact) mass is 387 g/mol. The maximum absolute atomic E-state index is 5.94. The van der Waals surface area contributed by atoms with Gasteiger partial charge in [-0.15, -0.1) is 0 Å². The fourth-order valence-electron chi connectivity index (χ4n) is 3.38.